The molecule has 1 atom stereocenters. The van der Waals surface area contributed by atoms with E-state index in [9.17, 15) is 4.79 Å². The van der Waals surface area contributed by atoms with Crippen LogP contribution >= 0.6 is 11.6 Å². The summed E-state index contributed by atoms with van der Waals surface area (Å²) >= 11 is 5.65. The molecule has 2 aliphatic heterocycles. The van der Waals surface area contributed by atoms with E-state index in [0.717, 1.165) is 5.46 Å². The molecule has 1 aromatic rings. The fraction of sp³-hybridized carbons (Fsp3) is 0.706. The van der Waals surface area contributed by atoms with Crippen molar-refractivity contribution in [2.45, 2.75) is 51.9 Å². The highest BCUT2D eigenvalue weighted by molar-refractivity contribution is 6.61. The number of carbonyl (C=O) groups excluding carboxylic acids is 1. The van der Waals surface area contributed by atoms with Crippen LogP contribution in [0.25, 0.3) is 0 Å². The average Bonchev–Trinajstić information content (AvgIpc) is 2.82. The summed E-state index contributed by atoms with van der Waals surface area (Å²) in [5, 5.41) is 0. The van der Waals surface area contributed by atoms with Crippen LogP contribution in [0, 0.1) is 0 Å². The van der Waals surface area contributed by atoms with Gasteiger partial charge in [0.05, 0.1) is 11.2 Å². The third-order valence-electron chi connectivity index (χ3n) is 5.53. The van der Waals surface area contributed by atoms with Crippen LogP contribution in [-0.4, -0.2) is 70.7 Å². The van der Waals surface area contributed by atoms with Gasteiger partial charge in [0.1, 0.15) is 5.88 Å². The van der Waals surface area contributed by atoms with Crippen molar-refractivity contribution in [3.8, 4) is 0 Å². The summed E-state index contributed by atoms with van der Waals surface area (Å²) in [4.78, 5) is 24.7. The molecule has 2 fully saturated rings. The number of piperazine rings is 1. The minimum atomic E-state index is -0.468. The Bertz CT molecular complexity index is 654. The van der Waals surface area contributed by atoms with Crippen molar-refractivity contribution in [2.75, 3.05) is 30.4 Å². The molecular weight excluding hydrogens is 354 g/mol. The van der Waals surface area contributed by atoms with Crippen molar-refractivity contribution < 1.29 is 14.1 Å². The van der Waals surface area contributed by atoms with Gasteiger partial charge < -0.3 is 19.1 Å². The van der Waals surface area contributed by atoms with E-state index >= 15 is 0 Å². The Hall–Kier alpha value is -1.38. The highest BCUT2D eigenvalue weighted by Gasteiger charge is 2.52. The van der Waals surface area contributed by atoms with Gasteiger partial charge >= 0.3 is 7.12 Å². The number of carbonyl (C=O) groups is 1. The summed E-state index contributed by atoms with van der Waals surface area (Å²) in [5.74, 6) is 0.636. The molecule has 1 aromatic heterocycles. The third kappa shape index (κ3) is 3.55. The molecule has 26 heavy (non-hydrogen) atoms. The molecule has 0 unspecified atom stereocenters. The lowest BCUT2D eigenvalue weighted by Gasteiger charge is -2.39. The Kier molecular flexibility index (Phi) is 5.20. The number of halogens is 1. The average molecular weight is 381 g/mol. The van der Waals surface area contributed by atoms with Crippen LogP contribution in [0.5, 0.6) is 0 Å². The second kappa shape index (κ2) is 6.98. The van der Waals surface area contributed by atoms with Gasteiger partial charge in [-0.1, -0.05) is 0 Å². The molecule has 3 heterocycles. The zero-order chi connectivity index (χ0) is 19.1. The molecule has 0 bridgehead atoms. The predicted octanol–water partition coefficient (Wildman–Crippen LogP) is 1.05. The quantitative estimate of drug-likeness (QED) is 0.577. The second-order valence-corrected chi connectivity index (χ2v) is 8.19. The molecule has 0 aromatic carbocycles. The van der Waals surface area contributed by atoms with E-state index in [0.29, 0.717) is 25.6 Å². The fourth-order valence-corrected chi connectivity index (χ4v) is 3.32. The first-order chi connectivity index (χ1) is 12.1. The van der Waals surface area contributed by atoms with Crippen LogP contribution in [0.2, 0.25) is 0 Å². The number of hydrogen-bond acceptors (Lipinski definition) is 6. The summed E-state index contributed by atoms with van der Waals surface area (Å²) in [6, 6.07) is 0.124. The van der Waals surface area contributed by atoms with Crippen molar-refractivity contribution >= 4 is 36.0 Å². The molecule has 0 aliphatic carbocycles. The maximum absolute atomic E-state index is 11.8. The lowest BCUT2D eigenvalue weighted by molar-refractivity contribution is -0.129. The van der Waals surface area contributed by atoms with Gasteiger partial charge in [0, 0.05) is 43.5 Å². The van der Waals surface area contributed by atoms with Crippen molar-refractivity contribution in [1.82, 2.24) is 14.9 Å². The van der Waals surface area contributed by atoms with Gasteiger partial charge in [0.2, 0.25) is 11.9 Å². The number of aromatic nitrogens is 2. The number of anilines is 1. The van der Waals surface area contributed by atoms with E-state index in [-0.39, 0.29) is 17.8 Å². The Balaban J connectivity index is 1.68. The molecular formula is C17H26BClN4O3. The van der Waals surface area contributed by atoms with E-state index in [1.54, 1.807) is 17.3 Å². The molecule has 0 spiro atoms. The minimum absolute atomic E-state index is 0.0198. The number of nitrogens with zero attached hydrogens (tertiary/aromatic N) is 4. The number of amides is 1. The van der Waals surface area contributed by atoms with Gasteiger partial charge in [-0.3, -0.25) is 4.79 Å². The zero-order valence-electron chi connectivity index (χ0n) is 16.0. The van der Waals surface area contributed by atoms with Crippen molar-refractivity contribution in [3.63, 3.8) is 0 Å². The van der Waals surface area contributed by atoms with E-state index in [1.807, 2.05) is 27.7 Å². The summed E-state index contributed by atoms with van der Waals surface area (Å²) in [5.41, 5.74) is 0.0164. The molecule has 2 saturated heterocycles. The van der Waals surface area contributed by atoms with Gasteiger partial charge in [-0.2, -0.15) is 0 Å². The summed E-state index contributed by atoms with van der Waals surface area (Å²) in [7, 11) is -0.468. The molecule has 3 rings (SSSR count). The van der Waals surface area contributed by atoms with Crippen molar-refractivity contribution in [2.24, 2.45) is 0 Å². The topological polar surface area (TPSA) is 67.8 Å². The third-order valence-corrected chi connectivity index (χ3v) is 5.76. The standard InChI is InChI=1S/C17H26BClN4O3/c1-12-11-22(14(24)8-19)6-7-23(12)15-20-9-13(10-21-15)18-25-16(2,3)17(4,5)26-18/h9-10,12H,6-8,11H2,1-5H3/t12-/m1/s1. The molecule has 0 saturated carbocycles. The van der Waals surface area contributed by atoms with Crippen LogP contribution in [0.1, 0.15) is 34.6 Å². The first kappa shape index (κ1) is 19.4. The first-order valence-corrected chi connectivity index (χ1v) is 9.46. The maximum Gasteiger partial charge on any atom is 0.498 e. The lowest BCUT2D eigenvalue weighted by Crippen LogP contribution is -2.54. The first-order valence-electron chi connectivity index (χ1n) is 8.92. The Labute approximate surface area is 160 Å². The minimum Gasteiger partial charge on any atom is -0.399 e. The highest BCUT2D eigenvalue weighted by atomic mass is 35.5. The maximum atomic E-state index is 11.8. The van der Waals surface area contributed by atoms with Gasteiger partial charge in [-0.15, -0.1) is 11.6 Å². The summed E-state index contributed by atoms with van der Waals surface area (Å²) in [6.45, 7) is 12.1. The van der Waals surface area contributed by atoms with Crippen LogP contribution in [0.15, 0.2) is 12.4 Å². The molecule has 9 heteroatoms. The SMILES string of the molecule is C[C@@H]1CN(C(=O)CCl)CCN1c1ncc(B2OC(C)(C)C(C)(C)O2)cn1. The van der Waals surface area contributed by atoms with Crippen LogP contribution < -0.4 is 10.4 Å². The predicted molar refractivity (Wildman–Crippen MR) is 102 cm³/mol. The van der Waals surface area contributed by atoms with E-state index in [4.69, 9.17) is 20.9 Å². The van der Waals surface area contributed by atoms with Crippen molar-refractivity contribution in [3.05, 3.63) is 12.4 Å². The number of hydrogen-bond donors (Lipinski definition) is 0. The normalized spacial score (nSPS) is 24.8. The monoisotopic (exact) mass is 380 g/mol. The van der Waals surface area contributed by atoms with Gasteiger partial charge in [0.15, 0.2) is 0 Å². The fourth-order valence-electron chi connectivity index (χ4n) is 3.15. The van der Waals surface area contributed by atoms with Crippen LogP contribution in [0.3, 0.4) is 0 Å². The number of alkyl halides is 1. The molecule has 2 aliphatic rings. The number of rotatable bonds is 3. The van der Waals surface area contributed by atoms with Gasteiger partial charge in [0.25, 0.3) is 0 Å². The van der Waals surface area contributed by atoms with Crippen LogP contribution in [0.4, 0.5) is 5.95 Å². The lowest BCUT2D eigenvalue weighted by atomic mass is 9.81. The molecule has 0 N–H and O–H groups in total. The molecule has 1 amide bonds. The van der Waals surface area contributed by atoms with Gasteiger partial charge in [-0.05, 0) is 34.6 Å². The summed E-state index contributed by atoms with van der Waals surface area (Å²) < 4.78 is 12.1. The van der Waals surface area contributed by atoms with Gasteiger partial charge in [-0.25, -0.2) is 9.97 Å². The Morgan fingerprint density at radius 1 is 1.23 bits per heavy atom. The van der Waals surface area contributed by atoms with E-state index in [2.05, 4.69) is 21.8 Å². The highest BCUT2D eigenvalue weighted by Crippen LogP contribution is 2.36. The smallest absolute Gasteiger partial charge is 0.399 e. The molecule has 0 radical (unpaired) electrons. The summed E-state index contributed by atoms with van der Waals surface area (Å²) in [6.07, 6.45) is 3.51. The zero-order valence-corrected chi connectivity index (χ0v) is 16.8. The Morgan fingerprint density at radius 2 is 1.81 bits per heavy atom. The van der Waals surface area contributed by atoms with E-state index in [1.165, 1.54) is 0 Å². The molecule has 7 nitrogen and oxygen atoms in total. The Morgan fingerprint density at radius 3 is 2.31 bits per heavy atom. The second-order valence-electron chi connectivity index (χ2n) is 7.92. The largest absolute Gasteiger partial charge is 0.498 e. The molecule has 142 valence electrons. The van der Waals surface area contributed by atoms with Crippen LogP contribution in [-0.2, 0) is 14.1 Å². The van der Waals surface area contributed by atoms with Crippen molar-refractivity contribution in [1.29, 1.82) is 0 Å². The van der Waals surface area contributed by atoms with E-state index < -0.39 is 18.3 Å².